The van der Waals surface area contributed by atoms with E-state index in [-0.39, 0.29) is 11.8 Å². The second kappa shape index (κ2) is 12.4. The number of ether oxygens (including phenoxy) is 1. The van der Waals surface area contributed by atoms with E-state index in [4.69, 9.17) is 10.5 Å². The maximum absolute atomic E-state index is 13.2. The van der Waals surface area contributed by atoms with Crippen LogP contribution >= 0.6 is 0 Å². The summed E-state index contributed by atoms with van der Waals surface area (Å²) < 4.78 is 5.31. The van der Waals surface area contributed by atoms with Gasteiger partial charge < -0.3 is 26.0 Å². The molecule has 1 saturated heterocycles. The molecule has 4 N–H and O–H groups in total. The van der Waals surface area contributed by atoms with Gasteiger partial charge >= 0.3 is 6.09 Å². The first-order chi connectivity index (χ1) is 15.2. The summed E-state index contributed by atoms with van der Waals surface area (Å²) in [4.78, 5) is 39.8. The molecule has 1 heterocycles. The lowest BCUT2D eigenvalue weighted by molar-refractivity contribution is -0.140. The van der Waals surface area contributed by atoms with Crippen molar-refractivity contribution >= 4 is 17.9 Å². The molecule has 2 atom stereocenters. The van der Waals surface area contributed by atoms with Crippen molar-refractivity contribution in [3.05, 3.63) is 35.9 Å². The zero-order chi connectivity index (χ0) is 23.6. The third-order valence-corrected chi connectivity index (χ3v) is 5.31. The predicted molar refractivity (Wildman–Crippen MR) is 124 cm³/mol. The van der Waals surface area contributed by atoms with Crippen molar-refractivity contribution in [2.24, 2.45) is 5.73 Å². The SMILES string of the molecule is CC(C)(C)OC(=O)N[C@@H](CCCN)C(=O)N1CCC[C@H]1C(=O)NCCCc1ccccc1. The summed E-state index contributed by atoms with van der Waals surface area (Å²) in [5.74, 6) is -0.398. The highest BCUT2D eigenvalue weighted by Crippen LogP contribution is 2.20. The highest BCUT2D eigenvalue weighted by atomic mass is 16.6. The quantitative estimate of drug-likeness (QED) is 0.478. The Kier molecular flexibility index (Phi) is 9.97. The van der Waals surface area contributed by atoms with E-state index in [1.165, 1.54) is 5.56 Å². The second-order valence-corrected chi connectivity index (χ2v) is 9.20. The Labute approximate surface area is 191 Å². The summed E-state index contributed by atoms with van der Waals surface area (Å²) in [6, 6.07) is 8.84. The minimum atomic E-state index is -0.764. The van der Waals surface area contributed by atoms with E-state index in [0.29, 0.717) is 38.9 Å². The van der Waals surface area contributed by atoms with Gasteiger partial charge in [-0.3, -0.25) is 9.59 Å². The van der Waals surface area contributed by atoms with Crippen molar-refractivity contribution in [1.82, 2.24) is 15.5 Å². The fourth-order valence-electron chi connectivity index (χ4n) is 3.80. The van der Waals surface area contributed by atoms with Gasteiger partial charge in [-0.15, -0.1) is 0 Å². The van der Waals surface area contributed by atoms with Crippen molar-refractivity contribution in [1.29, 1.82) is 0 Å². The van der Waals surface area contributed by atoms with E-state index in [1.54, 1.807) is 25.7 Å². The largest absolute Gasteiger partial charge is 0.444 e. The van der Waals surface area contributed by atoms with E-state index in [0.717, 1.165) is 19.3 Å². The zero-order valence-electron chi connectivity index (χ0n) is 19.6. The Morgan fingerprint density at radius 3 is 2.56 bits per heavy atom. The Bertz CT molecular complexity index is 748. The number of benzene rings is 1. The third kappa shape index (κ3) is 8.49. The summed E-state index contributed by atoms with van der Waals surface area (Å²) in [6.45, 7) is 6.76. The van der Waals surface area contributed by atoms with Crippen LogP contribution in [0.3, 0.4) is 0 Å². The first kappa shape index (κ1) is 25.6. The van der Waals surface area contributed by atoms with Gasteiger partial charge in [-0.2, -0.15) is 0 Å². The number of likely N-dealkylation sites (tertiary alicyclic amines) is 1. The number of nitrogens with zero attached hydrogens (tertiary/aromatic N) is 1. The number of amides is 3. The summed E-state index contributed by atoms with van der Waals surface area (Å²) in [5, 5.41) is 5.64. The van der Waals surface area contributed by atoms with Crippen LogP contribution < -0.4 is 16.4 Å². The lowest BCUT2D eigenvalue weighted by Gasteiger charge is -2.29. The summed E-state index contributed by atoms with van der Waals surface area (Å²) in [6.07, 6.45) is 3.42. The van der Waals surface area contributed by atoms with E-state index >= 15 is 0 Å². The van der Waals surface area contributed by atoms with Gasteiger partial charge in [-0.05, 0) is 71.4 Å². The van der Waals surface area contributed by atoms with E-state index in [1.807, 2.05) is 18.2 Å². The molecule has 1 aliphatic rings. The number of aryl methyl sites for hydroxylation is 1. The minimum Gasteiger partial charge on any atom is -0.444 e. The predicted octanol–water partition coefficient (Wildman–Crippen LogP) is 2.36. The van der Waals surface area contributed by atoms with E-state index in [2.05, 4.69) is 22.8 Å². The Balaban J connectivity index is 1.91. The number of carbonyl (C=O) groups excluding carboxylic acids is 3. The molecular weight excluding hydrogens is 408 g/mol. The standard InChI is InChI=1S/C24H38N4O4/c1-24(2,3)32-23(31)27-19(13-7-15-25)22(30)28-17-9-14-20(28)21(29)26-16-8-12-18-10-5-4-6-11-18/h4-6,10-11,19-20H,7-9,12-17,25H2,1-3H3,(H,26,29)(H,27,31)/t19-,20-/m0/s1. The first-order valence-electron chi connectivity index (χ1n) is 11.5. The third-order valence-electron chi connectivity index (χ3n) is 5.31. The smallest absolute Gasteiger partial charge is 0.408 e. The molecule has 1 aromatic rings. The summed E-state index contributed by atoms with van der Waals surface area (Å²) in [7, 11) is 0. The molecule has 1 aromatic carbocycles. The van der Waals surface area contributed by atoms with Crippen molar-refractivity contribution in [3.8, 4) is 0 Å². The minimum absolute atomic E-state index is 0.140. The molecule has 3 amide bonds. The van der Waals surface area contributed by atoms with Gasteiger partial charge in [-0.1, -0.05) is 30.3 Å². The molecule has 8 nitrogen and oxygen atoms in total. The zero-order valence-corrected chi connectivity index (χ0v) is 19.6. The molecule has 0 aliphatic carbocycles. The molecule has 0 aromatic heterocycles. The number of alkyl carbamates (subject to hydrolysis) is 1. The Morgan fingerprint density at radius 1 is 1.19 bits per heavy atom. The first-order valence-corrected chi connectivity index (χ1v) is 11.5. The van der Waals surface area contributed by atoms with E-state index in [9.17, 15) is 14.4 Å². The van der Waals surface area contributed by atoms with E-state index < -0.39 is 23.8 Å². The van der Waals surface area contributed by atoms with Crippen molar-refractivity contribution < 1.29 is 19.1 Å². The molecule has 8 heteroatoms. The van der Waals surface area contributed by atoms with Crippen LogP contribution in [0.15, 0.2) is 30.3 Å². The summed E-state index contributed by atoms with van der Waals surface area (Å²) in [5.41, 5.74) is 6.18. The van der Waals surface area contributed by atoms with Crippen LogP contribution in [0.2, 0.25) is 0 Å². The van der Waals surface area contributed by atoms with Crippen LogP contribution in [0.1, 0.15) is 58.4 Å². The van der Waals surface area contributed by atoms with Gasteiger partial charge in [0, 0.05) is 13.1 Å². The lowest BCUT2D eigenvalue weighted by Crippen LogP contribution is -2.54. The molecular formula is C24H38N4O4. The van der Waals surface area contributed by atoms with Crippen molar-refractivity contribution in [2.75, 3.05) is 19.6 Å². The van der Waals surface area contributed by atoms with Crippen LogP contribution in [0.4, 0.5) is 4.79 Å². The fourth-order valence-corrected chi connectivity index (χ4v) is 3.80. The van der Waals surface area contributed by atoms with Crippen LogP contribution in [0.5, 0.6) is 0 Å². The van der Waals surface area contributed by atoms with Crippen LogP contribution in [-0.2, 0) is 20.7 Å². The van der Waals surface area contributed by atoms with Gasteiger partial charge in [0.05, 0.1) is 0 Å². The summed E-state index contributed by atoms with van der Waals surface area (Å²) >= 11 is 0. The lowest BCUT2D eigenvalue weighted by atomic mass is 10.1. The molecule has 0 spiro atoms. The van der Waals surface area contributed by atoms with Gasteiger partial charge in [0.15, 0.2) is 0 Å². The Morgan fingerprint density at radius 2 is 1.91 bits per heavy atom. The average molecular weight is 447 g/mol. The van der Waals surface area contributed by atoms with Gasteiger partial charge in [0.25, 0.3) is 0 Å². The molecule has 0 radical (unpaired) electrons. The second-order valence-electron chi connectivity index (χ2n) is 9.20. The number of nitrogens with two attached hydrogens (primary N) is 1. The topological polar surface area (TPSA) is 114 Å². The normalized spacial score (nSPS) is 17.0. The van der Waals surface area contributed by atoms with Crippen molar-refractivity contribution in [3.63, 3.8) is 0 Å². The number of rotatable bonds is 10. The molecule has 1 fully saturated rings. The highest BCUT2D eigenvalue weighted by Gasteiger charge is 2.37. The molecule has 2 rings (SSSR count). The number of carbonyl (C=O) groups is 3. The van der Waals surface area contributed by atoms with Gasteiger partial charge in [0.2, 0.25) is 11.8 Å². The monoisotopic (exact) mass is 446 g/mol. The average Bonchev–Trinajstić information content (AvgIpc) is 3.23. The highest BCUT2D eigenvalue weighted by molar-refractivity contribution is 5.91. The van der Waals surface area contributed by atoms with Crippen molar-refractivity contribution in [2.45, 2.75) is 77.0 Å². The molecule has 0 bridgehead atoms. The fraction of sp³-hybridized carbons (Fsp3) is 0.625. The maximum atomic E-state index is 13.2. The van der Waals surface area contributed by atoms with Gasteiger partial charge in [0.1, 0.15) is 17.7 Å². The number of hydrogen-bond acceptors (Lipinski definition) is 5. The molecule has 178 valence electrons. The van der Waals surface area contributed by atoms with Crippen LogP contribution in [0, 0.1) is 0 Å². The van der Waals surface area contributed by atoms with Gasteiger partial charge in [-0.25, -0.2) is 4.79 Å². The number of hydrogen-bond donors (Lipinski definition) is 3. The molecule has 0 unspecified atom stereocenters. The maximum Gasteiger partial charge on any atom is 0.408 e. The molecule has 1 aliphatic heterocycles. The Hall–Kier alpha value is -2.61. The van der Waals surface area contributed by atoms with Crippen LogP contribution in [-0.4, -0.2) is 60.1 Å². The molecule has 32 heavy (non-hydrogen) atoms. The number of nitrogens with one attached hydrogen (secondary N) is 2. The van der Waals surface area contributed by atoms with Crippen LogP contribution in [0.25, 0.3) is 0 Å². The molecule has 0 saturated carbocycles.